The Kier molecular flexibility index (Phi) is 7.10. The molecule has 0 aliphatic rings. The normalized spacial score (nSPS) is 11.5. The fourth-order valence-corrected chi connectivity index (χ4v) is 2.96. The smallest absolute Gasteiger partial charge is 0.339 e. The van der Waals surface area contributed by atoms with Crippen LogP contribution < -0.4 is 14.8 Å². The molecule has 0 aliphatic carbocycles. The molecule has 0 bridgehead atoms. The van der Waals surface area contributed by atoms with Crippen LogP contribution in [0.4, 0.5) is 5.69 Å². The maximum Gasteiger partial charge on any atom is 0.339 e. The van der Waals surface area contributed by atoms with Gasteiger partial charge >= 0.3 is 5.97 Å². The summed E-state index contributed by atoms with van der Waals surface area (Å²) in [4.78, 5) is 24.8. The second-order valence-corrected chi connectivity index (χ2v) is 6.92. The number of esters is 1. The quantitative estimate of drug-likeness (QED) is 0.643. The fourth-order valence-electron chi connectivity index (χ4n) is 2.23. The Hall–Kier alpha value is -2.25. The molecule has 8 heteroatoms. The lowest BCUT2D eigenvalue weighted by Gasteiger charge is -2.16. The summed E-state index contributed by atoms with van der Waals surface area (Å²) in [5.41, 5.74) is 1.60. The van der Waals surface area contributed by atoms with Crippen LogP contribution in [0.25, 0.3) is 0 Å². The van der Waals surface area contributed by atoms with Gasteiger partial charge < -0.3 is 19.5 Å². The molecule has 27 heavy (non-hydrogen) atoms. The minimum Gasteiger partial charge on any atom is -0.495 e. The Balaban J connectivity index is 2.13. The molecule has 0 radical (unpaired) electrons. The number of hydrogen-bond donors (Lipinski definition) is 1. The molecule has 0 heterocycles. The molecule has 2 rings (SSSR count). The van der Waals surface area contributed by atoms with Crippen LogP contribution in [0.15, 0.2) is 34.8 Å². The van der Waals surface area contributed by atoms with E-state index in [0.29, 0.717) is 26.7 Å². The van der Waals surface area contributed by atoms with Crippen LogP contribution in [0, 0.1) is 6.92 Å². The van der Waals surface area contributed by atoms with Crippen LogP contribution in [-0.2, 0) is 9.53 Å². The fraction of sp³-hybridized carbons (Fsp3) is 0.263. The van der Waals surface area contributed by atoms with Crippen LogP contribution in [0.2, 0.25) is 5.02 Å². The molecule has 1 N–H and O–H groups in total. The lowest BCUT2D eigenvalue weighted by atomic mass is 10.2. The molecule has 0 saturated carbocycles. The third-order valence-electron chi connectivity index (χ3n) is 3.79. The van der Waals surface area contributed by atoms with Crippen molar-refractivity contribution >= 4 is 45.1 Å². The van der Waals surface area contributed by atoms with E-state index in [1.54, 1.807) is 18.2 Å². The summed E-state index contributed by atoms with van der Waals surface area (Å²) in [6.07, 6.45) is -1.02. The average Bonchev–Trinajstić information content (AvgIpc) is 2.64. The van der Waals surface area contributed by atoms with E-state index in [2.05, 4.69) is 21.2 Å². The van der Waals surface area contributed by atoms with Crippen molar-refractivity contribution < 1.29 is 23.8 Å². The summed E-state index contributed by atoms with van der Waals surface area (Å²) < 4.78 is 16.3. The van der Waals surface area contributed by atoms with Crippen LogP contribution in [0.5, 0.6) is 11.5 Å². The zero-order valence-electron chi connectivity index (χ0n) is 15.3. The van der Waals surface area contributed by atoms with Gasteiger partial charge in [0.1, 0.15) is 16.0 Å². The monoisotopic (exact) mass is 455 g/mol. The summed E-state index contributed by atoms with van der Waals surface area (Å²) in [6, 6.07) is 8.15. The highest BCUT2D eigenvalue weighted by atomic mass is 79.9. The zero-order chi connectivity index (χ0) is 20.1. The molecular formula is C19H19BrClNO5. The number of hydrogen-bond acceptors (Lipinski definition) is 5. The number of methoxy groups -OCH3 is 2. The van der Waals surface area contributed by atoms with Crippen molar-refractivity contribution in [2.75, 3.05) is 19.5 Å². The molecule has 2 aromatic carbocycles. The van der Waals surface area contributed by atoms with Gasteiger partial charge in [-0.3, -0.25) is 4.79 Å². The van der Waals surface area contributed by atoms with Crippen LogP contribution >= 0.6 is 27.5 Å². The number of nitrogens with one attached hydrogen (secondary N) is 1. The van der Waals surface area contributed by atoms with Crippen molar-refractivity contribution in [1.29, 1.82) is 0 Å². The molecule has 1 unspecified atom stereocenters. The van der Waals surface area contributed by atoms with E-state index in [9.17, 15) is 9.59 Å². The molecule has 2 aromatic rings. The number of carbonyl (C=O) groups is 2. The molecule has 0 saturated heterocycles. The largest absolute Gasteiger partial charge is 0.495 e. The topological polar surface area (TPSA) is 73.9 Å². The summed E-state index contributed by atoms with van der Waals surface area (Å²) in [5, 5.41) is 3.20. The Labute approximate surface area is 170 Å². The van der Waals surface area contributed by atoms with Gasteiger partial charge in [-0.1, -0.05) is 17.7 Å². The van der Waals surface area contributed by atoms with E-state index >= 15 is 0 Å². The van der Waals surface area contributed by atoms with Gasteiger partial charge in [0.2, 0.25) is 0 Å². The lowest BCUT2D eigenvalue weighted by Crippen LogP contribution is -2.30. The van der Waals surface area contributed by atoms with Gasteiger partial charge in [0.15, 0.2) is 6.10 Å². The lowest BCUT2D eigenvalue weighted by molar-refractivity contribution is -0.123. The van der Waals surface area contributed by atoms with Gasteiger partial charge in [-0.25, -0.2) is 4.79 Å². The van der Waals surface area contributed by atoms with Crippen molar-refractivity contribution in [3.63, 3.8) is 0 Å². The Bertz CT molecular complexity index is 846. The first kappa shape index (κ1) is 21.1. The van der Waals surface area contributed by atoms with E-state index in [0.717, 1.165) is 5.56 Å². The highest BCUT2D eigenvalue weighted by Crippen LogP contribution is 2.35. The maximum absolute atomic E-state index is 12.4. The number of carbonyl (C=O) groups excluding carboxylic acids is 2. The van der Waals surface area contributed by atoms with Gasteiger partial charge in [0.05, 0.1) is 19.8 Å². The van der Waals surface area contributed by atoms with E-state index in [1.807, 2.05) is 6.92 Å². The number of ether oxygens (including phenoxy) is 3. The van der Waals surface area contributed by atoms with Gasteiger partial charge in [-0.15, -0.1) is 0 Å². The number of aryl methyl sites for hydroxylation is 1. The molecule has 0 aliphatic heterocycles. The minimum absolute atomic E-state index is 0.200. The van der Waals surface area contributed by atoms with E-state index in [4.69, 9.17) is 25.8 Å². The van der Waals surface area contributed by atoms with Gasteiger partial charge in [0, 0.05) is 10.7 Å². The predicted octanol–water partition coefficient (Wildman–Crippen LogP) is 4.61. The molecule has 1 atom stereocenters. The van der Waals surface area contributed by atoms with E-state index in [1.165, 1.54) is 33.3 Å². The second kappa shape index (κ2) is 9.10. The van der Waals surface area contributed by atoms with Gasteiger partial charge in [0.25, 0.3) is 5.91 Å². The number of amides is 1. The first-order valence-electron chi connectivity index (χ1n) is 7.96. The predicted molar refractivity (Wildman–Crippen MR) is 107 cm³/mol. The Morgan fingerprint density at radius 1 is 1.11 bits per heavy atom. The highest BCUT2D eigenvalue weighted by molar-refractivity contribution is 9.10. The van der Waals surface area contributed by atoms with Crippen LogP contribution in [-0.4, -0.2) is 32.2 Å². The third kappa shape index (κ3) is 5.14. The van der Waals surface area contributed by atoms with E-state index in [-0.39, 0.29) is 5.56 Å². The Morgan fingerprint density at radius 3 is 2.26 bits per heavy atom. The summed E-state index contributed by atoms with van der Waals surface area (Å²) in [5.74, 6) is -0.324. The summed E-state index contributed by atoms with van der Waals surface area (Å²) in [6.45, 7) is 3.32. The molecule has 0 aromatic heterocycles. The minimum atomic E-state index is -1.02. The zero-order valence-corrected chi connectivity index (χ0v) is 17.6. The van der Waals surface area contributed by atoms with Crippen molar-refractivity contribution in [1.82, 2.24) is 0 Å². The number of benzene rings is 2. The third-order valence-corrected chi connectivity index (χ3v) is 4.81. The number of rotatable bonds is 6. The SMILES string of the molecule is COc1cc(C(=O)OC(C)C(=O)Nc2cc(Cl)ccc2C)cc(OC)c1Br. The highest BCUT2D eigenvalue weighted by Gasteiger charge is 2.22. The molecule has 1 amide bonds. The number of halogens is 2. The second-order valence-electron chi connectivity index (χ2n) is 5.69. The van der Waals surface area contributed by atoms with Crippen molar-refractivity contribution in [3.8, 4) is 11.5 Å². The standard InChI is InChI=1S/C19H19BrClNO5/c1-10-5-6-13(21)9-14(10)22-18(23)11(2)27-19(24)12-7-15(25-3)17(20)16(8-12)26-4/h5-9,11H,1-4H3,(H,22,23). The molecular weight excluding hydrogens is 438 g/mol. The first-order chi connectivity index (χ1) is 12.8. The van der Waals surface area contributed by atoms with Crippen molar-refractivity contribution in [2.24, 2.45) is 0 Å². The summed E-state index contributed by atoms with van der Waals surface area (Å²) >= 11 is 9.28. The number of anilines is 1. The van der Waals surface area contributed by atoms with Gasteiger partial charge in [-0.2, -0.15) is 0 Å². The van der Waals surface area contributed by atoms with Crippen LogP contribution in [0.3, 0.4) is 0 Å². The first-order valence-corrected chi connectivity index (χ1v) is 9.13. The Morgan fingerprint density at radius 2 is 1.70 bits per heavy atom. The average molecular weight is 457 g/mol. The molecule has 0 spiro atoms. The molecule has 0 fully saturated rings. The molecule has 144 valence electrons. The maximum atomic E-state index is 12.4. The van der Waals surface area contributed by atoms with Crippen molar-refractivity contribution in [2.45, 2.75) is 20.0 Å². The summed E-state index contributed by atoms with van der Waals surface area (Å²) in [7, 11) is 2.94. The van der Waals surface area contributed by atoms with Crippen molar-refractivity contribution in [3.05, 3.63) is 51.0 Å². The van der Waals surface area contributed by atoms with E-state index < -0.39 is 18.0 Å². The van der Waals surface area contributed by atoms with Crippen LogP contribution in [0.1, 0.15) is 22.8 Å². The van der Waals surface area contributed by atoms with Gasteiger partial charge in [-0.05, 0) is 59.6 Å². The molecule has 6 nitrogen and oxygen atoms in total.